The third kappa shape index (κ3) is 7.14. The summed E-state index contributed by atoms with van der Waals surface area (Å²) in [5.41, 5.74) is 7.32. The van der Waals surface area contributed by atoms with Crippen molar-refractivity contribution in [2.24, 2.45) is 0 Å². The van der Waals surface area contributed by atoms with E-state index in [1.54, 1.807) is 17.8 Å². The number of ether oxygens (including phenoxy) is 1. The van der Waals surface area contributed by atoms with E-state index in [2.05, 4.69) is 55.0 Å². The standard InChI is InChI=1S/C16H14BNO2.C14H13BO2S.CH4/c1-17-16-7-6-15(9-13(16)11-20-17)19-10-12-4-3-5-14(8-12)18-2;1-10-2-5-12(6-3-10)18-13-7-4-11-9-17-15(16)14(11)8-13;/h3-9H,10-11H2,1H3;2-8,16H,9H2,1H3;1H4. The lowest BCUT2D eigenvalue weighted by Crippen LogP contribution is -2.27. The fraction of sp³-hybridized carbons (Fsp3) is 0.194. The third-order valence-electron chi connectivity index (χ3n) is 6.52. The first-order valence-corrected chi connectivity index (χ1v) is 13.3. The molecule has 2 aliphatic heterocycles. The molecule has 5 nitrogen and oxygen atoms in total. The number of rotatable bonds is 5. The number of fused-ring (bicyclic) bond motifs is 2. The zero-order valence-electron chi connectivity index (χ0n) is 21.4. The van der Waals surface area contributed by atoms with Crippen LogP contribution in [0.15, 0.2) is 94.7 Å². The second kappa shape index (κ2) is 13.1. The van der Waals surface area contributed by atoms with Gasteiger partial charge in [-0.05, 0) is 77.0 Å². The fourth-order valence-electron chi connectivity index (χ4n) is 4.38. The third-order valence-corrected chi connectivity index (χ3v) is 7.52. The molecule has 0 unspecified atom stereocenters. The second-order valence-corrected chi connectivity index (χ2v) is 10.5. The predicted molar refractivity (Wildman–Crippen MR) is 160 cm³/mol. The normalized spacial score (nSPS) is 13.0. The summed E-state index contributed by atoms with van der Waals surface area (Å²) in [5.74, 6) is 0.842. The van der Waals surface area contributed by atoms with Crippen LogP contribution >= 0.6 is 11.8 Å². The van der Waals surface area contributed by atoms with E-state index in [4.69, 9.17) is 20.6 Å². The highest BCUT2D eigenvalue weighted by Crippen LogP contribution is 2.28. The minimum absolute atomic E-state index is 0. The Morgan fingerprint density at radius 2 is 1.67 bits per heavy atom. The van der Waals surface area contributed by atoms with Crippen LogP contribution in [0.5, 0.6) is 5.75 Å². The lowest BCUT2D eigenvalue weighted by atomic mass is 9.64. The van der Waals surface area contributed by atoms with Gasteiger partial charge in [0.1, 0.15) is 12.4 Å². The molecule has 0 spiro atoms. The predicted octanol–water partition coefficient (Wildman–Crippen LogP) is 6.17. The lowest BCUT2D eigenvalue weighted by Gasteiger charge is -2.08. The molecule has 4 aromatic carbocycles. The van der Waals surface area contributed by atoms with Crippen molar-refractivity contribution in [3.8, 4) is 5.75 Å². The van der Waals surface area contributed by atoms with E-state index >= 15 is 0 Å². The Bertz CT molecular complexity index is 1470. The molecule has 196 valence electrons. The van der Waals surface area contributed by atoms with Gasteiger partial charge in [0.05, 0.1) is 19.8 Å². The largest absolute Gasteiger partial charge is 0.491 e. The number of hydrogen-bond donors (Lipinski definition) is 1. The topological polar surface area (TPSA) is 52.3 Å². The highest BCUT2D eigenvalue weighted by Gasteiger charge is 2.27. The van der Waals surface area contributed by atoms with Crippen LogP contribution in [0.4, 0.5) is 5.69 Å². The molecule has 0 aromatic heterocycles. The molecule has 0 saturated carbocycles. The number of hydrogen-bond acceptors (Lipinski definition) is 5. The van der Waals surface area contributed by atoms with E-state index in [1.165, 1.54) is 21.5 Å². The highest BCUT2D eigenvalue weighted by atomic mass is 32.2. The Labute approximate surface area is 236 Å². The van der Waals surface area contributed by atoms with Crippen LogP contribution < -0.4 is 15.7 Å². The van der Waals surface area contributed by atoms with Gasteiger partial charge in [0.25, 0.3) is 0 Å². The summed E-state index contributed by atoms with van der Waals surface area (Å²) in [5, 5.41) is 9.68. The Morgan fingerprint density at radius 3 is 2.46 bits per heavy atom. The Hall–Kier alpha value is -3.47. The Kier molecular flexibility index (Phi) is 9.55. The maximum absolute atomic E-state index is 9.68. The van der Waals surface area contributed by atoms with Gasteiger partial charge in [0.15, 0.2) is 5.69 Å². The summed E-state index contributed by atoms with van der Waals surface area (Å²) >= 11 is 1.70. The summed E-state index contributed by atoms with van der Waals surface area (Å²) in [6, 6.07) is 28.1. The molecular formula is C31H31B2NO4S. The van der Waals surface area contributed by atoms with E-state index in [-0.39, 0.29) is 14.3 Å². The molecule has 1 N–H and O–H groups in total. The zero-order valence-corrected chi connectivity index (χ0v) is 22.2. The monoisotopic (exact) mass is 535 g/mol. The van der Waals surface area contributed by atoms with Crippen LogP contribution in [0, 0.1) is 13.5 Å². The van der Waals surface area contributed by atoms with Crippen molar-refractivity contribution in [2.45, 2.75) is 50.8 Å². The van der Waals surface area contributed by atoms with E-state index in [0.29, 0.717) is 25.5 Å². The molecular weight excluding hydrogens is 504 g/mol. The quantitative estimate of drug-likeness (QED) is 0.245. The second-order valence-electron chi connectivity index (χ2n) is 9.32. The van der Waals surface area contributed by atoms with Crippen molar-refractivity contribution in [2.75, 3.05) is 0 Å². The van der Waals surface area contributed by atoms with Crippen LogP contribution in [0.25, 0.3) is 4.85 Å². The lowest BCUT2D eigenvalue weighted by molar-refractivity contribution is 0.275. The molecule has 0 aliphatic carbocycles. The summed E-state index contributed by atoms with van der Waals surface area (Å²) in [4.78, 5) is 5.75. The SMILES string of the molecule is C.Cc1ccc(Sc2ccc3c(c2)B(O)OC3)cc1.[C-]#[N+]c1cccc(COc2ccc3c(c2)COB3C)c1. The van der Waals surface area contributed by atoms with E-state index < -0.39 is 7.12 Å². The first kappa shape index (κ1) is 28.5. The van der Waals surface area contributed by atoms with Gasteiger partial charge in [-0.2, -0.15) is 0 Å². The molecule has 8 heteroatoms. The zero-order chi connectivity index (χ0) is 26.5. The van der Waals surface area contributed by atoms with Crippen molar-refractivity contribution in [1.82, 2.24) is 0 Å². The summed E-state index contributed by atoms with van der Waals surface area (Å²) < 4.78 is 16.6. The van der Waals surface area contributed by atoms with Crippen LogP contribution in [-0.4, -0.2) is 19.1 Å². The van der Waals surface area contributed by atoms with E-state index in [9.17, 15) is 5.02 Å². The fourth-order valence-corrected chi connectivity index (χ4v) is 5.25. The smallest absolute Gasteiger partial charge is 0.489 e. The van der Waals surface area contributed by atoms with Gasteiger partial charge in [-0.25, -0.2) is 4.85 Å². The van der Waals surface area contributed by atoms with Crippen LogP contribution in [0.1, 0.15) is 29.7 Å². The molecule has 6 rings (SSSR count). The average Bonchev–Trinajstić information content (AvgIpc) is 3.51. The van der Waals surface area contributed by atoms with E-state index in [0.717, 1.165) is 27.2 Å². The molecule has 2 heterocycles. The molecule has 4 aromatic rings. The maximum atomic E-state index is 9.68. The molecule has 39 heavy (non-hydrogen) atoms. The van der Waals surface area contributed by atoms with Crippen molar-refractivity contribution in [3.63, 3.8) is 0 Å². The Morgan fingerprint density at radius 1 is 0.897 bits per heavy atom. The van der Waals surface area contributed by atoms with Gasteiger partial charge in [-0.3, -0.25) is 0 Å². The van der Waals surface area contributed by atoms with Gasteiger partial charge < -0.3 is 19.1 Å². The minimum Gasteiger partial charge on any atom is -0.489 e. The van der Waals surface area contributed by atoms with Crippen molar-refractivity contribution >= 4 is 42.4 Å². The van der Waals surface area contributed by atoms with Crippen molar-refractivity contribution in [1.29, 1.82) is 0 Å². The average molecular weight is 535 g/mol. The minimum atomic E-state index is -0.765. The molecule has 0 saturated heterocycles. The Balaban J connectivity index is 0.000000177. The van der Waals surface area contributed by atoms with E-state index in [1.807, 2.05) is 42.5 Å². The molecule has 0 amide bonds. The van der Waals surface area contributed by atoms with Crippen molar-refractivity contribution < 1.29 is 19.1 Å². The summed E-state index contributed by atoms with van der Waals surface area (Å²) in [6.07, 6.45) is 0. The number of nitrogens with zero attached hydrogens (tertiary/aromatic N) is 1. The summed E-state index contributed by atoms with van der Waals surface area (Å²) in [6.45, 7) is 13.0. The molecule has 0 radical (unpaired) electrons. The molecule has 0 bridgehead atoms. The van der Waals surface area contributed by atoms with Gasteiger partial charge in [0, 0.05) is 9.79 Å². The van der Waals surface area contributed by atoms with Crippen LogP contribution in [0.3, 0.4) is 0 Å². The first-order valence-electron chi connectivity index (χ1n) is 12.5. The van der Waals surface area contributed by atoms with Crippen molar-refractivity contribution in [3.05, 3.63) is 119 Å². The molecule has 0 atom stereocenters. The first-order chi connectivity index (χ1) is 18.5. The van der Waals surface area contributed by atoms with Gasteiger partial charge in [0.2, 0.25) is 0 Å². The van der Waals surface area contributed by atoms with Gasteiger partial charge in [-0.15, -0.1) is 0 Å². The van der Waals surface area contributed by atoms with Gasteiger partial charge >= 0.3 is 14.0 Å². The van der Waals surface area contributed by atoms with Crippen LogP contribution in [-0.2, 0) is 29.1 Å². The van der Waals surface area contributed by atoms with Crippen LogP contribution in [0.2, 0.25) is 6.82 Å². The number of benzene rings is 4. The highest BCUT2D eigenvalue weighted by molar-refractivity contribution is 7.99. The maximum Gasteiger partial charge on any atom is 0.491 e. The molecule has 2 aliphatic rings. The van der Waals surface area contributed by atoms with Gasteiger partial charge in [-0.1, -0.05) is 74.0 Å². The number of aryl methyl sites for hydroxylation is 1. The summed E-state index contributed by atoms with van der Waals surface area (Å²) in [7, 11) is -0.765. The molecule has 0 fully saturated rings.